The topological polar surface area (TPSA) is 84.8 Å². The van der Waals surface area contributed by atoms with Gasteiger partial charge in [-0.1, -0.05) is 65.4 Å². The minimum absolute atomic E-state index is 0.0324. The normalized spacial score (nSPS) is 43.2. The number of rotatable bonds is 9. The van der Waals surface area contributed by atoms with Gasteiger partial charge in [0, 0.05) is 33.6 Å². The largest absolute Gasteiger partial charge is 0.384 e. The summed E-state index contributed by atoms with van der Waals surface area (Å²) >= 11 is 0. The Bertz CT molecular complexity index is 1200. The van der Waals surface area contributed by atoms with Gasteiger partial charge in [0.05, 0.1) is 24.2 Å². The van der Waals surface area contributed by atoms with E-state index in [0.717, 1.165) is 18.9 Å². The fourth-order valence-corrected chi connectivity index (χ4v) is 11.3. The van der Waals surface area contributed by atoms with E-state index in [0.29, 0.717) is 23.9 Å². The van der Waals surface area contributed by atoms with E-state index in [1.807, 2.05) is 13.8 Å². The van der Waals surface area contributed by atoms with Gasteiger partial charge in [0.25, 0.3) is 0 Å². The minimum atomic E-state index is -1.37. The van der Waals surface area contributed by atoms with Gasteiger partial charge in [-0.25, -0.2) is 0 Å². The van der Waals surface area contributed by atoms with Gasteiger partial charge < -0.3 is 38.3 Å². The number of methoxy groups -OCH3 is 1. The molecule has 3 aliphatic heterocycles. The van der Waals surface area contributed by atoms with Crippen LogP contribution in [-0.4, -0.2) is 82.1 Å². The maximum Gasteiger partial charge on any atom is 0.190 e. The van der Waals surface area contributed by atoms with Crippen molar-refractivity contribution >= 4 is 8.07 Å². The van der Waals surface area contributed by atoms with Gasteiger partial charge in [-0.15, -0.1) is 0 Å². The summed E-state index contributed by atoms with van der Waals surface area (Å²) in [6.07, 6.45) is 5.74. The highest BCUT2D eigenvalue weighted by Gasteiger charge is 2.77. The van der Waals surface area contributed by atoms with Crippen LogP contribution in [0.15, 0.2) is 11.1 Å². The van der Waals surface area contributed by atoms with Crippen molar-refractivity contribution in [3.8, 4) is 0 Å². The molecule has 0 aromatic rings. The van der Waals surface area contributed by atoms with E-state index >= 15 is 0 Å². The van der Waals surface area contributed by atoms with Crippen LogP contribution < -0.4 is 0 Å². The average Bonchev–Trinajstić information content (AvgIpc) is 3.53. The van der Waals surface area contributed by atoms with Crippen LogP contribution in [0.3, 0.4) is 0 Å². The molecule has 9 atom stereocenters. The number of ether oxygens (including phenoxy) is 7. The lowest BCUT2D eigenvalue weighted by Crippen LogP contribution is -2.68. The van der Waals surface area contributed by atoms with Crippen molar-refractivity contribution in [2.24, 2.45) is 27.6 Å². The van der Waals surface area contributed by atoms with Crippen molar-refractivity contribution in [3.05, 3.63) is 11.1 Å². The summed E-state index contributed by atoms with van der Waals surface area (Å²) in [5.74, 6) is -1.32. The molecule has 1 N–H and O–H groups in total. The third kappa shape index (κ3) is 6.07. The molecule has 6 rings (SSSR count). The summed E-state index contributed by atoms with van der Waals surface area (Å²) in [6.45, 7) is 26.2. The number of allylic oxidation sites excluding steroid dienone is 1. The van der Waals surface area contributed by atoms with Crippen molar-refractivity contribution in [2.45, 2.75) is 181 Å². The van der Waals surface area contributed by atoms with E-state index in [-0.39, 0.29) is 24.4 Å². The number of hydrogen-bond acceptors (Lipinski definition) is 8. The SMILES string of the molecule is CO[C@H]1O[C@@H](CC2=C(C)CCC3(CCC(C)(C)CC3)C2(C)C)[C@]2(C)[C@@H](OCOCC[Si](C)(C)C)C[C@H]3O[C@@H]4OC(C)(C)O[C@@H]4[C@@]3(O)[C@H]12. The van der Waals surface area contributed by atoms with Crippen molar-refractivity contribution in [3.63, 3.8) is 0 Å². The molecule has 47 heavy (non-hydrogen) atoms. The third-order valence-corrected chi connectivity index (χ3v) is 15.7. The molecule has 270 valence electrons. The molecule has 0 radical (unpaired) electrons. The lowest BCUT2D eigenvalue weighted by atomic mass is 9.47. The molecule has 2 saturated carbocycles. The standard InChI is InChI=1S/C38H66O8Si/c1-24-13-14-37(17-15-33(2,3)16-18-37)34(4,5)25(24)21-27-36(8)26(42-23-41-19-20-47(10,11)12)22-28-38(39,29(36)31(40-9)43-27)30-32(44-28)46-35(6,7)45-30/h26-32,39H,13-23H2,1-12H3/t26-,27-,28+,29+,30-,31-,32+,36-,38-/m0/s1. The molecule has 5 fully saturated rings. The van der Waals surface area contributed by atoms with Crippen LogP contribution >= 0.6 is 0 Å². The van der Waals surface area contributed by atoms with Gasteiger partial charge in [0.2, 0.25) is 0 Å². The van der Waals surface area contributed by atoms with Crippen LogP contribution in [-0.2, 0) is 33.2 Å². The minimum Gasteiger partial charge on any atom is -0.384 e. The molecule has 0 aromatic carbocycles. The Morgan fingerprint density at radius 2 is 1.60 bits per heavy atom. The highest BCUT2D eigenvalue weighted by Crippen LogP contribution is 2.67. The Labute approximate surface area is 285 Å². The molecule has 0 bridgehead atoms. The first-order chi connectivity index (χ1) is 21.7. The zero-order valence-electron chi connectivity index (χ0n) is 31.6. The fraction of sp³-hybridized carbons (Fsp3) is 0.947. The van der Waals surface area contributed by atoms with Crippen LogP contribution in [0.2, 0.25) is 25.7 Å². The summed E-state index contributed by atoms with van der Waals surface area (Å²) in [5.41, 5.74) is 1.77. The number of hydrogen-bond donors (Lipinski definition) is 1. The smallest absolute Gasteiger partial charge is 0.190 e. The summed E-state index contributed by atoms with van der Waals surface area (Å²) < 4.78 is 45.0. The van der Waals surface area contributed by atoms with Gasteiger partial charge in [0.1, 0.15) is 18.5 Å². The zero-order chi connectivity index (χ0) is 34.4. The maximum absolute atomic E-state index is 12.9. The highest BCUT2D eigenvalue weighted by molar-refractivity contribution is 6.76. The molecule has 0 aromatic heterocycles. The predicted octanol–water partition coefficient (Wildman–Crippen LogP) is 7.80. The van der Waals surface area contributed by atoms with Crippen molar-refractivity contribution < 1.29 is 38.3 Å². The Morgan fingerprint density at radius 1 is 0.915 bits per heavy atom. The highest BCUT2D eigenvalue weighted by atomic mass is 28.3. The summed E-state index contributed by atoms with van der Waals surface area (Å²) in [7, 11) is 0.453. The van der Waals surface area contributed by atoms with Gasteiger partial charge in [-0.3, -0.25) is 0 Å². The average molecular weight is 679 g/mol. The van der Waals surface area contributed by atoms with Gasteiger partial charge in [-0.05, 0) is 88.0 Å². The summed E-state index contributed by atoms with van der Waals surface area (Å²) in [4.78, 5) is 0. The molecule has 9 heteroatoms. The van der Waals surface area contributed by atoms with Crippen molar-refractivity contribution in [1.29, 1.82) is 0 Å². The molecule has 8 nitrogen and oxygen atoms in total. The van der Waals surface area contributed by atoms with Gasteiger partial charge >= 0.3 is 0 Å². The first kappa shape index (κ1) is 36.4. The molecule has 3 aliphatic carbocycles. The Morgan fingerprint density at radius 3 is 2.23 bits per heavy atom. The second-order valence-electron chi connectivity index (χ2n) is 19.3. The third-order valence-electron chi connectivity index (χ3n) is 14.0. The lowest BCUT2D eigenvalue weighted by Gasteiger charge is -2.58. The second-order valence-corrected chi connectivity index (χ2v) is 24.9. The first-order valence-electron chi connectivity index (χ1n) is 18.5. The summed E-state index contributed by atoms with van der Waals surface area (Å²) in [6, 6.07) is 1.08. The van der Waals surface area contributed by atoms with Crippen LogP contribution in [0.4, 0.5) is 0 Å². The van der Waals surface area contributed by atoms with Crippen molar-refractivity contribution in [1.82, 2.24) is 0 Å². The lowest BCUT2D eigenvalue weighted by molar-refractivity contribution is -0.285. The molecule has 0 unspecified atom stereocenters. The Balaban J connectivity index is 1.33. The van der Waals surface area contributed by atoms with E-state index in [9.17, 15) is 5.11 Å². The molecular formula is C38H66O8Si. The van der Waals surface area contributed by atoms with Crippen LogP contribution in [0.5, 0.6) is 0 Å². The van der Waals surface area contributed by atoms with E-state index in [1.54, 1.807) is 7.11 Å². The van der Waals surface area contributed by atoms with Gasteiger partial charge in [0.15, 0.2) is 18.4 Å². The molecule has 6 aliphatic rings. The zero-order valence-corrected chi connectivity index (χ0v) is 32.6. The number of aliphatic hydroxyl groups is 1. The van der Waals surface area contributed by atoms with Crippen LogP contribution in [0.25, 0.3) is 0 Å². The molecule has 1 spiro atoms. The summed E-state index contributed by atoms with van der Waals surface area (Å²) in [5, 5.41) is 12.9. The van der Waals surface area contributed by atoms with E-state index in [2.05, 4.69) is 61.2 Å². The molecule has 3 heterocycles. The molecular weight excluding hydrogens is 612 g/mol. The van der Waals surface area contributed by atoms with E-state index in [4.69, 9.17) is 33.2 Å². The molecule has 3 saturated heterocycles. The quantitative estimate of drug-likeness (QED) is 0.115. The van der Waals surface area contributed by atoms with Gasteiger partial charge in [-0.2, -0.15) is 0 Å². The van der Waals surface area contributed by atoms with Crippen LogP contribution in [0, 0.1) is 27.6 Å². The first-order valence-corrected chi connectivity index (χ1v) is 22.2. The van der Waals surface area contributed by atoms with Crippen LogP contribution in [0.1, 0.15) is 107 Å². The maximum atomic E-state index is 12.9. The second kappa shape index (κ2) is 12.1. The number of fused-ring (bicyclic) bond motifs is 5. The Hall–Kier alpha value is -0.363. The Kier molecular flexibility index (Phi) is 9.39. The monoisotopic (exact) mass is 678 g/mol. The fourth-order valence-electron chi connectivity index (χ4n) is 10.6. The van der Waals surface area contributed by atoms with E-state index in [1.165, 1.54) is 43.3 Å². The molecule has 0 amide bonds. The van der Waals surface area contributed by atoms with E-state index < -0.39 is 55.6 Å². The predicted molar refractivity (Wildman–Crippen MR) is 184 cm³/mol. The van der Waals surface area contributed by atoms with Crippen molar-refractivity contribution in [2.75, 3.05) is 20.5 Å².